The van der Waals surface area contributed by atoms with Crippen molar-refractivity contribution in [1.29, 1.82) is 0 Å². The minimum Gasteiger partial charge on any atom is -0.292 e. The van der Waals surface area contributed by atoms with Crippen LogP contribution in [0.2, 0.25) is 5.02 Å². The molecule has 2 rings (SSSR count). The van der Waals surface area contributed by atoms with E-state index < -0.39 is 22.8 Å². The Morgan fingerprint density at radius 3 is 2.32 bits per heavy atom. The Morgan fingerprint density at radius 1 is 1.05 bits per heavy atom. The van der Waals surface area contributed by atoms with E-state index in [1.807, 2.05) is 0 Å². The minimum atomic E-state index is -1.04. The van der Waals surface area contributed by atoms with Crippen LogP contribution >= 0.6 is 23.2 Å². The van der Waals surface area contributed by atoms with Crippen LogP contribution in [0.1, 0.15) is 21.3 Å². The predicted octanol–water partition coefficient (Wildman–Crippen LogP) is 4.78. The number of alkyl halides is 1. The SMILES string of the molecule is O=C(c1cccc(F)c1Cl)C(Cl)c1ccc(F)cc1. The molecule has 0 amide bonds. The number of carbonyl (C=O) groups excluding carboxylic acids is 1. The molecule has 0 heterocycles. The van der Waals surface area contributed by atoms with Gasteiger partial charge in [0.05, 0.1) is 5.02 Å². The number of rotatable bonds is 3. The van der Waals surface area contributed by atoms with Gasteiger partial charge in [-0.2, -0.15) is 0 Å². The number of ketones is 1. The molecule has 0 fully saturated rings. The van der Waals surface area contributed by atoms with Gasteiger partial charge < -0.3 is 0 Å². The Morgan fingerprint density at radius 2 is 1.68 bits per heavy atom. The molecule has 1 nitrogen and oxygen atoms in total. The van der Waals surface area contributed by atoms with Gasteiger partial charge >= 0.3 is 0 Å². The second kappa shape index (κ2) is 5.68. The highest BCUT2D eigenvalue weighted by molar-refractivity contribution is 6.39. The molecule has 0 N–H and O–H groups in total. The Labute approximate surface area is 118 Å². The molecular formula is C14H8Cl2F2O. The van der Waals surface area contributed by atoms with Gasteiger partial charge in [-0.05, 0) is 29.8 Å². The lowest BCUT2D eigenvalue weighted by Crippen LogP contribution is -2.09. The van der Waals surface area contributed by atoms with Crippen molar-refractivity contribution in [3.63, 3.8) is 0 Å². The second-order valence-electron chi connectivity index (χ2n) is 3.88. The van der Waals surface area contributed by atoms with Gasteiger partial charge in [0, 0.05) is 5.56 Å². The highest BCUT2D eigenvalue weighted by Crippen LogP contribution is 2.29. The van der Waals surface area contributed by atoms with Gasteiger partial charge in [0.2, 0.25) is 0 Å². The van der Waals surface area contributed by atoms with E-state index in [0.29, 0.717) is 5.56 Å². The molecule has 2 aromatic rings. The van der Waals surface area contributed by atoms with Crippen molar-refractivity contribution in [3.05, 3.63) is 70.2 Å². The number of halogens is 4. The fraction of sp³-hybridized carbons (Fsp3) is 0.0714. The first-order chi connectivity index (χ1) is 9.00. The molecule has 0 spiro atoms. The van der Waals surface area contributed by atoms with Crippen molar-refractivity contribution in [3.8, 4) is 0 Å². The third-order valence-electron chi connectivity index (χ3n) is 2.61. The average molecular weight is 301 g/mol. The van der Waals surface area contributed by atoms with Crippen LogP contribution in [0.5, 0.6) is 0 Å². The number of Topliss-reactive ketones (excluding diaryl/α,β-unsaturated/α-hetero) is 1. The van der Waals surface area contributed by atoms with E-state index in [1.165, 1.54) is 36.4 Å². The van der Waals surface area contributed by atoms with Crippen LogP contribution in [0.15, 0.2) is 42.5 Å². The summed E-state index contributed by atoms with van der Waals surface area (Å²) in [5.41, 5.74) is 0.430. The molecule has 98 valence electrons. The van der Waals surface area contributed by atoms with Crippen LogP contribution < -0.4 is 0 Å². The van der Waals surface area contributed by atoms with Crippen LogP contribution in [0.25, 0.3) is 0 Å². The average Bonchev–Trinajstić information content (AvgIpc) is 2.41. The number of hydrogen-bond acceptors (Lipinski definition) is 1. The standard InChI is InChI=1S/C14H8Cl2F2O/c15-12(8-4-6-9(17)7-5-8)14(19)10-2-1-3-11(18)13(10)16/h1-7,12H. The molecule has 0 bridgehead atoms. The van der Waals surface area contributed by atoms with Crippen molar-refractivity contribution in [2.75, 3.05) is 0 Å². The first kappa shape index (κ1) is 14.0. The molecule has 0 saturated carbocycles. The van der Waals surface area contributed by atoms with Gasteiger partial charge in [-0.1, -0.05) is 29.8 Å². The fourth-order valence-corrected chi connectivity index (χ4v) is 2.10. The molecular weight excluding hydrogens is 293 g/mol. The Bertz CT molecular complexity index is 611. The number of carbonyl (C=O) groups is 1. The minimum absolute atomic E-state index is 0.00555. The van der Waals surface area contributed by atoms with Crippen molar-refractivity contribution >= 4 is 29.0 Å². The summed E-state index contributed by atoms with van der Waals surface area (Å²) in [6.07, 6.45) is 0. The van der Waals surface area contributed by atoms with E-state index in [2.05, 4.69) is 0 Å². The largest absolute Gasteiger partial charge is 0.292 e. The number of benzene rings is 2. The van der Waals surface area contributed by atoms with E-state index in [1.54, 1.807) is 0 Å². The van der Waals surface area contributed by atoms with Crippen molar-refractivity contribution in [2.45, 2.75) is 5.38 Å². The Kier molecular flexibility index (Phi) is 4.17. The monoisotopic (exact) mass is 300 g/mol. The van der Waals surface area contributed by atoms with Gasteiger partial charge in [-0.15, -0.1) is 11.6 Å². The van der Waals surface area contributed by atoms with Gasteiger partial charge in [-0.25, -0.2) is 8.78 Å². The lowest BCUT2D eigenvalue weighted by Gasteiger charge is -2.10. The first-order valence-corrected chi connectivity index (χ1v) is 6.20. The second-order valence-corrected chi connectivity index (χ2v) is 4.69. The Balaban J connectivity index is 2.33. The lowest BCUT2D eigenvalue weighted by atomic mass is 10.0. The quantitative estimate of drug-likeness (QED) is 0.589. The van der Waals surface area contributed by atoms with E-state index in [4.69, 9.17) is 23.2 Å². The summed E-state index contributed by atoms with van der Waals surface area (Å²) in [5, 5.41) is -1.31. The highest BCUT2D eigenvalue weighted by atomic mass is 35.5. The summed E-state index contributed by atoms with van der Waals surface area (Å²) in [5.74, 6) is -1.64. The molecule has 5 heteroatoms. The van der Waals surface area contributed by atoms with Crippen LogP contribution in [-0.4, -0.2) is 5.78 Å². The Hall–Kier alpha value is -1.45. The summed E-state index contributed by atoms with van der Waals surface area (Å²) in [7, 11) is 0. The van der Waals surface area contributed by atoms with E-state index in [9.17, 15) is 13.6 Å². The lowest BCUT2D eigenvalue weighted by molar-refractivity contribution is 0.0987. The topological polar surface area (TPSA) is 17.1 Å². The predicted molar refractivity (Wildman–Crippen MR) is 70.7 cm³/mol. The number of hydrogen-bond donors (Lipinski definition) is 0. The van der Waals surface area contributed by atoms with Crippen molar-refractivity contribution in [2.24, 2.45) is 0 Å². The summed E-state index contributed by atoms with van der Waals surface area (Å²) < 4.78 is 26.1. The summed E-state index contributed by atoms with van der Waals surface area (Å²) in [6.45, 7) is 0. The van der Waals surface area contributed by atoms with Crippen LogP contribution in [-0.2, 0) is 0 Å². The molecule has 0 radical (unpaired) electrons. The first-order valence-electron chi connectivity index (χ1n) is 5.38. The van der Waals surface area contributed by atoms with E-state index in [-0.39, 0.29) is 10.6 Å². The van der Waals surface area contributed by atoms with E-state index in [0.717, 1.165) is 6.07 Å². The molecule has 0 aromatic heterocycles. The third kappa shape index (κ3) is 2.94. The summed E-state index contributed by atoms with van der Waals surface area (Å²) >= 11 is 11.7. The maximum atomic E-state index is 13.3. The molecule has 0 saturated heterocycles. The van der Waals surface area contributed by atoms with Gasteiger partial charge in [0.25, 0.3) is 0 Å². The van der Waals surface area contributed by atoms with Gasteiger partial charge in [0.15, 0.2) is 5.78 Å². The normalized spacial score (nSPS) is 12.2. The summed E-state index contributed by atoms with van der Waals surface area (Å²) in [4.78, 5) is 12.1. The van der Waals surface area contributed by atoms with Crippen LogP contribution in [0.4, 0.5) is 8.78 Å². The van der Waals surface area contributed by atoms with Crippen LogP contribution in [0, 0.1) is 11.6 Å². The maximum Gasteiger partial charge on any atom is 0.186 e. The van der Waals surface area contributed by atoms with Gasteiger partial charge in [-0.3, -0.25) is 4.79 Å². The fourth-order valence-electron chi connectivity index (χ4n) is 1.61. The smallest absolute Gasteiger partial charge is 0.186 e. The molecule has 1 unspecified atom stereocenters. The highest BCUT2D eigenvalue weighted by Gasteiger charge is 2.22. The summed E-state index contributed by atoms with van der Waals surface area (Å²) in [6, 6.07) is 9.13. The maximum absolute atomic E-state index is 13.3. The molecule has 2 aromatic carbocycles. The van der Waals surface area contributed by atoms with Gasteiger partial charge in [0.1, 0.15) is 17.0 Å². The molecule has 19 heavy (non-hydrogen) atoms. The van der Waals surface area contributed by atoms with Crippen molar-refractivity contribution in [1.82, 2.24) is 0 Å². The molecule has 1 atom stereocenters. The zero-order chi connectivity index (χ0) is 14.0. The zero-order valence-electron chi connectivity index (χ0n) is 9.54. The molecule has 0 aliphatic heterocycles. The van der Waals surface area contributed by atoms with Crippen molar-refractivity contribution < 1.29 is 13.6 Å². The van der Waals surface area contributed by atoms with E-state index >= 15 is 0 Å². The molecule has 0 aliphatic rings. The zero-order valence-corrected chi connectivity index (χ0v) is 11.1. The van der Waals surface area contributed by atoms with Crippen LogP contribution in [0.3, 0.4) is 0 Å². The molecule has 0 aliphatic carbocycles. The third-order valence-corrected chi connectivity index (χ3v) is 3.44.